The topological polar surface area (TPSA) is 223 Å². The number of aliphatic hydroxyl groups is 2. The average molecular weight is 811 g/mol. The molecule has 3 aliphatic rings. The van der Waals surface area contributed by atoms with Gasteiger partial charge in [0.25, 0.3) is 11.7 Å². The number of aliphatic hydroxyl groups excluding tert-OH is 2. The van der Waals surface area contributed by atoms with Crippen molar-refractivity contribution in [2.45, 2.75) is 112 Å². The number of benzene rings is 2. The van der Waals surface area contributed by atoms with E-state index in [2.05, 4.69) is 10.5 Å². The number of phenolic OH excluding ortho intramolecular Hbond substituents is 3. The lowest BCUT2D eigenvalue weighted by Gasteiger charge is -2.38. The number of rotatable bonds is 8. The van der Waals surface area contributed by atoms with Crippen molar-refractivity contribution in [2.24, 2.45) is 28.8 Å². The molecule has 3 heterocycles. The van der Waals surface area contributed by atoms with E-state index in [0.29, 0.717) is 6.42 Å². The van der Waals surface area contributed by atoms with Crippen LogP contribution in [0.15, 0.2) is 41.3 Å². The van der Waals surface area contributed by atoms with E-state index in [4.69, 9.17) is 23.8 Å². The maximum atomic E-state index is 14.3. The number of nitrogens with one attached hydrogen (secondary N) is 1. The second kappa shape index (κ2) is 19.1. The molecule has 318 valence electrons. The van der Waals surface area contributed by atoms with Gasteiger partial charge in [-0.2, -0.15) is 0 Å². The number of ether oxygens (including phenoxy) is 4. The number of hydrogen-bond donors (Lipinski definition) is 6. The van der Waals surface area contributed by atoms with Crippen LogP contribution in [0.2, 0.25) is 0 Å². The highest BCUT2D eigenvalue weighted by atomic mass is 16.7. The summed E-state index contributed by atoms with van der Waals surface area (Å²) in [5.74, 6) is -8.57. The molecule has 0 unspecified atom stereocenters. The molecule has 0 saturated carbocycles. The number of oxime groups is 1. The van der Waals surface area contributed by atoms with E-state index in [-0.39, 0.29) is 51.1 Å². The first-order chi connectivity index (χ1) is 27.3. The minimum Gasteiger partial charge on any atom is -0.507 e. The number of hydrogen-bond acceptors (Lipinski definition) is 14. The molecule has 0 radical (unpaired) electrons. The average Bonchev–Trinajstić information content (AvgIpc) is 3.45. The highest BCUT2D eigenvalue weighted by molar-refractivity contribution is 6.23. The minimum absolute atomic E-state index is 0.0391. The lowest BCUT2D eigenvalue weighted by Crippen LogP contribution is -2.46. The van der Waals surface area contributed by atoms with E-state index < -0.39 is 88.8 Å². The fourth-order valence-corrected chi connectivity index (χ4v) is 7.43. The fourth-order valence-electron chi connectivity index (χ4n) is 7.43. The Balaban J connectivity index is 1.95. The Bertz CT molecular complexity index is 1990. The second-order valence-corrected chi connectivity index (χ2v) is 15.4. The van der Waals surface area contributed by atoms with Crippen molar-refractivity contribution in [1.29, 1.82) is 0 Å². The standard InChI is InChI=1S/C43H58N2O13/c1-11-12-13-18-56-44-20-28-33-38(51)31-30(37(28)50)32-40(26(7)36(31)49)58-43(9,41(32)52)55-19-17-29(54-10)23(4)39(57-27(8)46)25(6)35(48)24(5)34(47)21(2)15-14-16-22(3)42(53)45-33/h14-17,19-21,23-25,29,34-35,39,47-51H,11-13,18H2,1-10H3,(H,45,53)/b15-14+,19-17+,22-16-,44-20-/t21-,23+,24+,25+,29-,34-,35+,39+,43-/m0/s1. The molecule has 0 saturated heterocycles. The molecule has 0 aliphatic carbocycles. The van der Waals surface area contributed by atoms with Crippen molar-refractivity contribution in [3.63, 3.8) is 0 Å². The molecule has 3 aliphatic heterocycles. The molecule has 15 nitrogen and oxygen atoms in total. The third-order valence-electron chi connectivity index (χ3n) is 11.1. The fraction of sp³-hybridized carbons (Fsp3) is 0.535. The third-order valence-corrected chi connectivity index (χ3v) is 11.1. The van der Waals surface area contributed by atoms with Gasteiger partial charge in [0, 0.05) is 61.2 Å². The number of carbonyl (C=O) groups is 3. The molecule has 2 aromatic rings. The van der Waals surface area contributed by atoms with Crippen LogP contribution in [-0.4, -0.2) is 93.3 Å². The van der Waals surface area contributed by atoms with Crippen LogP contribution >= 0.6 is 0 Å². The van der Waals surface area contributed by atoms with Gasteiger partial charge in [-0.15, -0.1) is 0 Å². The summed E-state index contributed by atoms with van der Waals surface area (Å²) in [7, 11) is 1.43. The lowest BCUT2D eigenvalue weighted by atomic mass is 9.78. The van der Waals surface area contributed by atoms with E-state index in [0.717, 1.165) is 19.1 Å². The first-order valence-electron chi connectivity index (χ1n) is 19.6. The SMILES string of the molecule is CCCCCO/N=C\c1c2c(O)c3c(O)c(C)c4c(c3c1O)C(=O)[C@@](C)(O/C=C/[C@H](OC)[C@@H](C)[C@@H](OC(C)=O)[C@H](C)[C@H](O)[C@H](C)[C@@H](O)[C@@H](C)/C=C/C=C(/C)C(=O)N2)O4. The molecule has 0 spiro atoms. The van der Waals surface area contributed by atoms with Gasteiger partial charge >= 0.3 is 11.8 Å². The lowest BCUT2D eigenvalue weighted by molar-refractivity contribution is -0.160. The van der Waals surface area contributed by atoms with Gasteiger partial charge in [0.2, 0.25) is 0 Å². The number of anilines is 1. The van der Waals surface area contributed by atoms with Gasteiger partial charge in [-0.1, -0.05) is 70.8 Å². The summed E-state index contributed by atoms with van der Waals surface area (Å²) >= 11 is 0. The number of aromatic hydroxyl groups is 3. The number of allylic oxidation sites excluding steroid dienone is 2. The molecule has 0 fully saturated rings. The van der Waals surface area contributed by atoms with E-state index in [1.54, 1.807) is 39.8 Å². The number of fused-ring (bicyclic) bond motifs is 14. The van der Waals surface area contributed by atoms with E-state index in [1.807, 2.05) is 6.92 Å². The maximum absolute atomic E-state index is 14.3. The maximum Gasteiger partial charge on any atom is 0.312 e. The normalized spacial score (nSPS) is 30.4. The number of phenols is 3. The molecule has 6 N–H and O–H groups in total. The Hall–Kier alpha value is -5.12. The van der Waals surface area contributed by atoms with Crippen LogP contribution in [0, 0.1) is 30.6 Å². The van der Waals surface area contributed by atoms with Crippen LogP contribution in [0.4, 0.5) is 5.69 Å². The van der Waals surface area contributed by atoms with Crippen LogP contribution in [-0.2, 0) is 28.6 Å². The Morgan fingerprint density at radius 1 is 0.966 bits per heavy atom. The van der Waals surface area contributed by atoms with Gasteiger partial charge < -0.3 is 54.6 Å². The second-order valence-electron chi connectivity index (χ2n) is 15.4. The first kappa shape index (κ1) is 45.6. The monoisotopic (exact) mass is 810 g/mol. The molecular formula is C43H58N2O13. The predicted octanol–water partition coefficient (Wildman–Crippen LogP) is 6.29. The van der Waals surface area contributed by atoms with E-state index >= 15 is 0 Å². The Morgan fingerprint density at radius 3 is 2.29 bits per heavy atom. The Labute approximate surface area is 338 Å². The summed E-state index contributed by atoms with van der Waals surface area (Å²) in [6, 6.07) is 0. The number of methoxy groups -OCH3 is 1. The smallest absolute Gasteiger partial charge is 0.312 e. The van der Waals surface area contributed by atoms with Crippen molar-refractivity contribution in [2.75, 3.05) is 19.0 Å². The van der Waals surface area contributed by atoms with Crippen LogP contribution in [0.1, 0.15) is 96.1 Å². The van der Waals surface area contributed by atoms with Crippen molar-refractivity contribution in [3.8, 4) is 23.0 Å². The van der Waals surface area contributed by atoms with Gasteiger partial charge in [-0.3, -0.25) is 14.4 Å². The summed E-state index contributed by atoms with van der Waals surface area (Å²) in [5.41, 5.74) is -0.565. The molecule has 9 atom stereocenters. The Morgan fingerprint density at radius 2 is 1.66 bits per heavy atom. The highest BCUT2D eigenvalue weighted by Crippen LogP contribution is 2.55. The summed E-state index contributed by atoms with van der Waals surface area (Å²) in [6.07, 6.45) is 7.10. The van der Waals surface area contributed by atoms with Crippen molar-refractivity contribution < 1.29 is 63.7 Å². The van der Waals surface area contributed by atoms with E-state index in [1.165, 1.54) is 53.2 Å². The summed E-state index contributed by atoms with van der Waals surface area (Å²) in [6.45, 7) is 14.7. The summed E-state index contributed by atoms with van der Waals surface area (Å²) in [5, 5.41) is 64.0. The number of esters is 1. The number of Topliss-reactive ketones (excluding diaryl/α,β-unsaturated/α-hetero) is 1. The van der Waals surface area contributed by atoms with Gasteiger partial charge in [0.1, 0.15) is 30.0 Å². The van der Waals surface area contributed by atoms with Crippen molar-refractivity contribution in [1.82, 2.24) is 0 Å². The molecule has 5 rings (SSSR count). The van der Waals surface area contributed by atoms with Gasteiger partial charge in [-0.05, 0) is 26.3 Å². The molecule has 15 heteroatoms. The van der Waals surface area contributed by atoms with Gasteiger partial charge in [-0.25, -0.2) is 0 Å². The largest absolute Gasteiger partial charge is 0.507 e. The number of carbonyl (C=O) groups excluding carboxylic acids is 3. The zero-order valence-corrected chi connectivity index (χ0v) is 34.9. The quantitative estimate of drug-likeness (QED) is 0.0431. The van der Waals surface area contributed by atoms with Gasteiger partial charge in [0.15, 0.2) is 5.75 Å². The van der Waals surface area contributed by atoms with Crippen molar-refractivity contribution >= 4 is 40.3 Å². The Kier molecular flexibility index (Phi) is 15.0. The van der Waals surface area contributed by atoms with E-state index in [9.17, 15) is 39.9 Å². The van der Waals surface area contributed by atoms with Crippen molar-refractivity contribution in [3.05, 3.63) is 52.8 Å². The van der Waals surface area contributed by atoms with Crippen LogP contribution in [0.25, 0.3) is 10.8 Å². The van der Waals surface area contributed by atoms with Crippen LogP contribution in [0.5, 0.6) is 23.0 Å². The number of nitrogens with zero attached hydrogens (tertiary/aromatic N) is 1. The molecule has 5 bridgehead atoms. The number of amides is 1. The van der Waals surface area contributed by atoms with Gasteiger partial charge in [0.05, 0.1) is 53.0 Å². The van der Waals surface area contributed by atoms with Crippen LogP contribution in [0.3, 0.4) is 0 Å². The summed E-state index contributed by atoms with van der Waals surface area (Å²) in [4.78, 5) is 45.7. The molecule has 0 aromatic heterocycles. The zero-order chi connectivity index (χ0) is 43.2. The molecule has 58 heavy (non-hydrogen) atoms. The highest BCUT2D eigenvalue weighted by Gasteiger charge is 2.50. The first-order valence-corrected chi connectivity index (χ1v) is 19.6. The summed E-state index contributed by atoms with van der Waals surface area (Å²) < 4.78 is 23.5. The molecule has 1 amide bonds. The zero-order valence-electron chi connectivity index (χ0n) is 34.9. The minimum atomic E-state index is -2.05. The van der Waals surface area contributed by atoms with Crippen LogP contribution < -0.4 is 10.1 Å². The number of ketones is 1. The predicted molar refractivity (Wildman–Crippen MR) is 217 cm³/mol. The molecular weight excluding hydrogens is 752 g/mol. The molecule has 2 aromatic carbocycles. The number of unbranched alkanes of at least 4 members (excludes halogenated alkanes) is 2. The third kappa shape index (κ3) is 9.27.